The first-order chi connectivity index (χ1) is 29.5. The SMILES string of the molecule is CCCCCCCC/C=C\CCCCCCCCCCCC(=O)OCC(COC(=O)CCCCCCCCCCCC)OC(=O)CCCCCCCCCCCCCCC. The van der Waals surface area contributed by atoms with Crippen LogP contribution in [0, 0.1) is 0 Å². The number of rotatable bonds is 49. The third-order valence-corrected chi connectivity index (χ3v) is 12.0. The summed E-state index contributed by atoms with van der Waals surface area (Å²) in [6, 6.07) is 0. The number of esters is 3. The van der Waals surface area contributed by atoms with Crippen LogP contribution in [-0.2, 0) is 28.6 Å². The summed E-state index contributed by atoms with van der Waals surface area (Å²) < 4.78 is 16.8. The van der Waals surface area contributed by atoms with Crippen LogP contribution < -0.4 is 0 Å². The molecule has 0 spiro atoms. The van der Waals surface area contributed by atoms with Gasteiger partial charge >= 0.3 is 17.9 Å². The van der Waals surface area contributed by atoms with Gasteiger partial charge < -0.3 is 14.2 Å². The van der Waals surface area contributed by atoms with Crippen LogP contribution in [-0.4, -0.2) is 37.2 Å². The standard InChI is InChI=1S/C54H102O6/c1-4-7-10-13-16-19-22-24-25-26-27-28-29-31-32-35-38-41-44-47-53(56)59-50-51(49-58-52(55)46-43-40-37-34-21-18-15-12-9-6-3)60-54(57)48-45-42-39-36-33-30-23-20-17-14-11-8-5-2/h24-25,51H,4-23,26-50H2,1-3H3/b25-24-. The second-order valence-electron chi connectivity index (χ2n) is 18.2. The normalized spacial score (nSPS) is 12.0. The van der Waals surface area contributed by atoms with E-state index in [-0.39, 0.29) is 31.1 Å². The summed E-state index contributed by atoms with van der Waals surface area (Å²) in [6.45, 7) is 6.66. The molecule has 0 aliphatic rings. The van der Waals surface area contributed by atoms with Gasteiger partial charge in [-0.25, -0.2) is 0 Å². The van der Waals surface area contributed by atoms with Crippen molar-refractivity contribution in [3.63, 3.8) is 0 Å². The van der Waals surface area contributed by atoms with Gasteiger partial charge in [0.25, 0.3) is 0 Å². The van der Waals surface area contributed by atoms with Crippen molar-refractivity contribution in [3.8, 4) is 0 Å². The van der Waals surface area contributed by atoms with E-state index >= 15 is 0 Å². The Kier molecular flexibility index (Phi) is 48.3. The Morgan fingerprint density at radius 2 is 0.550 bits per heavy atom. The fourth-order valence-electron chi connectivity index (χ4n) is 7.97. The molecule has 0 aromatic rings. The Balaban J connectivity index is 4.25. The molecule has 0 heterocycles. The smallest absolute Gasteiger partial charge is 0.306 e. The number of carbonyl (C=O) groups is 3. The fourth-order valence-corrected chi connectivity index (χ4v) is 7.97. The van der Waals surface area contributed by atoms with Gasteiger partial charge in [-0.3, -0.25) is 14.4 Å². The van der Waals surface area contributed by atoms with Gasteiger partial charge in [-0.15, -0.1) is 0 Å². The largest absolute Gasteiger partial charge is 0.462 e. The van der Waals surface area contributed by atoms with E-state index in [4.69, 9.17) is 14.2 Å². The summed E-state index contributed by atoms with van der Waals surface area (Å²) in [5, 5.41) is 0. The van der Waals surface area contributed by atoms with Gasteiger partial charge in [0.05, 0.1) is 0 Å². The third kappa shape index (κ3) is 47.2. The van der Waals surface area contributed by atoms with Crippen LogP contribution in [0.15, 0.2) is 12.2 Å². The first kappa shape index (κ1) is 58.1. The number of carbonyl (C=O) groups excluding carboxylic acids is 3. The van der Waals surface area contributed by atoms with Crippen LogP contribution in [0.25, 0.3) is 0 Å². The molecular formula is C54H102O6. The average molecular weight is 847 g/mol. The van der Waals surface area contributed by atoms with Crippen LogP contribution in [0.2, 0.25) is 0 Å². The van der Waals surface area contributed by atoms with Crippen molar-refractivity contribution in [1.82, 2.24) is 0 Å². The van der Waals surface area contributed by atoms with Crippen LogP contribution in [0.5, 0.6) is 0 Å². The minimum Gasteiger partial charge on any atom is -0.462 e. The van der Waals surface area contributed by atoms with E-state index in [1.165, 1.54) is 199 Å². The average Bonchev–Trinajstić information content (AvgIpc) is 3.24. The van der Waals surface area contributed by atoms with Gasteiger partial charge in [0.2, 0.25) is 0 Å². The lowest BCUT2D eigenvalue weighted by Gasteiger charge is -2.18. The maximum atomic E-state index is 12.8. The van der Waals surface area contributed by atoms with E-state index in [1.54, 1.807) is 0 Å². The van der Waals surface area contributed by atoms with Crippen molar-refractivity contribution in [1.29, 1.82) is 0 Å². The van der Waals surface area contributed by atoms with Crippen LogP contribution in [0.1, 0.15) is 297 Å². The number of ether oxygens (including phenoxy) is 3. The lowest BCUT2D eigenvalue weighted by atomic mass is 10.0. The minimum absolute atomic E-state index is 0.0653. The highest BCUT2D eigenvalue weighted by atomic mass is 16.6. The highest BCUT2D eigenvalue weighted by molar-refractivity contribution is 5.71. The first-order valence-electron chi connectivity index (χ1n) is 26.7. The molecule has 6 heteroatoms. The molecule has 0 saturated carbocycles. The van der Waals surface area contributed by atoms with Gasteiger partial charge in [-0.1, -0.05) is 245 Å². The molecule has 1 atom stereocenters. The summed E-state index contributed by atoms with van der Waals surface area (Å²) in [7, 11) is 0. The minimum atomic E-state index is -0.763. The Hall–Kier alpha value is -1.85. The Morgan fingerprint density at radius 1 is 0.317 bits per heavy atom. The molecule has 60 heavy (non-hydrogen) atoms. The number of hydrogen-bond acceptors (Lipinski definition) is 6. The number of hydrogen-bond donors (Lipinski definition) is 0. The summed E-state index contributed by atoms with van der Waals surface area (Å²) >= 11 is 0. The molecule has 6 nitrogen and oxygen atoms in total. The molecule has 0 saturated heterocycles. The van der Waals surface area contributed by atoms with Crippen molar-refractivity contribution >= 4 is 17.9 Å². The molecule has 0 amide bonds. The predicted molar refractivity (Wildman–Crippen MR) is 256 cm³/mol. The van der Waals surface area contributed by atoms with E-state index in [0.29, 0.717) is 19.3 Å². The van der Waals surface area contributed by atoms with E-state index in [1.807, 2.05) is 0 Å². The van der Waals surface area contributed by atoms with E-state index in [2.05, 4.69) is 32.9 Å². The van der Waals surface area contributed by atoms with Crippen molar-refractivity contribution in [2.45, 2.75) is 303 Å². The quantitative estimate of drug-likeness (QED) is 0.0263. The van der Waals surface area contributed by atoms with E-state index in [0.717, 1.165) is 57.8 Å². The van der Waals surface area contributed by atoms with Gasteiger partial charge in [0, 0.05) is 19.3 Å². The zero-order valence-electron chi connectivity index (χ0n) is 40.5. The highest BCUT2D eigenvalue weighted by Gasteiger charge is 2.19. The number of unbranched alkanes of at least 4 members (excludes halogenated alkanes) is 36. The van der Waals surface area contributed by atoms with Crippen molar-refractivity contribution in [2.75, 3.05) is 13.2 Å². The first-order valence-corrected chi connectivity index (χ1v) is 26.7. The summed E-state index contributed by atoms with van der Waals surface area (Å²) in [5.74, 6) is -0.851. The highest BCUT2D eigenvalue weighted by Crippen LogP contribution is 2.16. The van der Waals surface area contributed by atoms with E-state index in [9.17, 15) is 14.4 Å². The molecule has 0 rings (SSSR count). The molecule has 354 valence electrons. The zero-order chi connectivity index (χ0) is 43.7. The molecule has 0 radical (unpaired) electrons. The lowest BCUT2D eigenvalue weighted by Crippen LogP contribution is -2.30. The summed E-state index contributed by atoms with van der Waals surface area (Å²) in [4.78, 5) is 37.9. The lowest BCUT2D eigenvalue weighted by molar-refractivity contribution is -0.167. The van der Waals surface area contributed by atoms with Crippen LogP contribution in [0.4, 0.5) is 0 Å². The number of allylic oxidation sites excluding steroid dienone is 2. The Morgan fingerprint density at radius 3 is 0.833 bits per heavy atom. The molecule has 0 aliphatic heterocycles. The van der Waals surface area contributed by atoms with Crippen LogP contribution in [0.3, 0.4) is 0 Å². The van der Waals surface area contributed by atoms with Crippen molar-refractivity contribution < 1.29 is 28.6 Å². The molecular weight excluding hydrogens is 745 g/mol. The maximum absolute atomic E-state index is 12.8. The molecule has 0 aromatic heterocycles. The Bertz CT molecular complexity index is 931. The predicted octanol–water partition coefficient (Wildman–Crippen LogP) is 17.4. The fraction of sp³-hybridized carbons (Fsp3) is 0.907. The van der Waals surface area contributed by atoms with Gasteiger partial charge in [-0.05, 0) is 44.9 Å². The summed E-state index contributed by atoms with van der Waals surface area (Å²) in [5.41, 5.74) is 0. The third-order valence-electron chi connectivity index (χ3n) is 12.0. The topological polar surface area (TPSA) is 78.9 Å². The van der Waals surface area contributed by atoms with Gasteiger partial charge in [0.1, 0.15) is 13.2 Å². The Labute approximate surface area is 373 Å². The second kappa shape index (κ2) is 49.8. The molecule has 1 unspecified atom stereocenters. The molecule has 0 N–H and O–H groups in total. The monoisotopic (exact) mass is 847 g/mol. The molecule has 0 bridgehead atoms. The maximum Gasteiger partial charge on any atom is 0.306 e. The summed E-state index contributed by atoms with van der Waals surface area (Å²) in [6.07, 6.45) is 54.8. The molecule has 0 aromatic carbocycles. The van der Waals surface area contributed by atoms with Crippen molar-refractivity contribution in [2.24, 2.45) is 0 Å². The van der Waals surface area contributed by atoms with Gasteiger partial charge in [0.15, 0.2) is 6.10 Å². The zero-order valence-corrected chi connectivity index (χ0v) is 40.5. The van der Waals surface area contributed by atoms with Gasteiger partial charge in [-0.2, -0.15) is 0 Å². The molecule has 0 fully saturated rings. The van der Waals surface area contributed by atoms with E-state index < -0.39 is 6.10 Å². The second-order valence-corrected chi connectivity index (χ2v) is 18.2. The van der Waals surface area contributed by atoms with Crippen LogP contribution >= 0.6 is 0 Å². The molecule has 0 aliphatic carbocycles. The van der Waals surface area contributed by atoms with Crippen molar-refractivity contribution in [3.05, 3.63) is 12.2 Å².